The molecule has 8 heteroatoms. The molecule has 1 aliphatic heterocycles. The lowest BCUT2D eigenvalue weighted by Gasteiger charge is -2.38. The molecule has 39 heavy (non-hydrogen) atoms. The van der Waals surface area contributed by atoms with E-state index >= 15 is 0 Å². The molecule has 0 bridgehead atoms. The summed E-state index contributed by atoms with van der Waals surface area (Å²) < 4.78 is 10.7. The van der Waals surface area contributed by atoms with E-state index in [4.69, 9.17) is 9.47 Å². The summed E-state index contributed by atoms with van der Waals surface area (Å²) in [6.07, 6.45) is 0.675. The topological polar surface area (TPSA) is 83.1 Å². The molecule has 2 N–H and O–H groups in total. The van der Waals surface area contributed by atoms with E-state index in [1.165, 1.54) is 0 Å². The molecule has 3 aromatic carbocycles. The second-order valence-electron chi connectivity index (χ2n) is 9.49. The lowest BCUT2D eigenvalue weighted by molar-refractivity contribution is -0.117. The molecular formula is C31H38N4O4. The van der Waals surface area contributed by atoms with Crippen molar-refractivity contribution in [1.29, 1.82) is 0 Å². The number of benzene rings is 3. The maximum absolute atomic E-state index is 13.3. The summed E-state index contributed by atoms with van der Waals surface area (Å²) in [6, 6.07) is 23.4. The van der Waals surface area contributed by atoms with E-state index in [2.05, 4.69) is 26.5 Å². The van der Waals surface area contributed by atoms with Gasteiger partial charge in [-0.2, -0.15) is 0 Å². The molecule has 206 valence electrons. The molecule has 8 nitrogen and oxygen atoms in total. The molecule has 0 aliphatic carbocycles. The number of nitrogens with one attached hydrogen (secondary N) is 2. The first-order valence-corrected chi connectivity index (χ1v) is 13.5. The Kier molecular flexibility index (Phi) is 9.80. The Morgan fingerprint density at radius 1 is 0.872 bits per heavy atom. The number of hydrogen-bond donors (Lipinski definition) is 2. The average molecular weight is 531 g/mol. The monoisotopic (exact) mass is 530 g/mol. The number of piperazine rings is 1. The second-order valence-corrected chi connectivity index (χ2v) is 9.49. The summed E-state index contributed by atoms with van der Waals surface area (Å²) in [5, 5.41) is 5.98. The Hall–Kier alpha value is -4.04. The van der Waals surface area contributed by atoms with Gasteiger partial charge in [0.2, 0.25) is 5.91 Å². The van der Waals surface area contributed by atoms with Gasteiger partial charge in [-0.1, -0.05) is 49.4 Å². The summed E-state index contributed by atoms with van der Waals surface area (Å²) in [6.45, 7) is 5.89. The Balaban J connectivity index is 1.53. The quantitative estimate of drug-likeness (QED) is 0.355. The van der Waals surface area contributed by atoms with Gasteiger partial charge in [0.25, 0.3) is 5.91 Å². The van der Waals surface area contributed by atoms with Crippen LogP contribution in [-0.2, 0) is 9.53 Å². The van der Waals surface area contributed by atoms with E-state index in [0.717, 1.165) is 48.9 Å². The Labute approximate surface area is 230 Å². The molecule has 0 radical (unpaired) electrons. The Morgan fingerprint density at radius 3 is 2.21 bits per heavy atom. The molecular weight excluding hydrogens is 492 g/mol. The fraction of sp³-hybridized carbons (Fsp3) is 0.355. The summed E-state index contributed by atoms with van der Waals surface area (Å²) in [4.78, 5) is 31.0. The first-order chi connectivity index (χ1) is 19.0. The number of rotatable bonds is 11. The van der Waals surface area contributed by atoms with E-state index < -0.39 is 0 Å². The standard InChI is InChI=1S/C31H38N4O4/c1-4-25(23-10-6-5-7-11-23)31(37)33-24-14-15-27(26(22-24)30(36)32-16-21-38-2)34-17-19-35(20-18-34)28-12-8-9-13-29(28)39-3/h5-15,22,25H,4,16-21H2,1-3H3,(H,32,36)(H,33,37). The molecule has 0 aromatic heterocycles. The number of nitrogens with zero attached hydrogens (tertiary/aromatic N) is 2. The largest absolute Gasteiger partial charge is 0.495 e. The lowest BCUT2D eigenvalue weighted by atomic mass is 9.95. The predicted octanol–water partition coefficient (Wildman–Crippen LogP) is 4.53. The highest BCUT2D eigenvalue weighted by Crippen LogP contribution is 2.31. The van der Waals surface area contributed by atoms with E-state index in [-0.39, 0.29) is 17.7 Å². The maximum atomic E-state index is 13.3. The average Bonchev–Trinajstić information content (AvgIpc) is 2.98. The SMILES string of the molecule is CCC(C(=O)Nc1ccc(N2CCN(c3ccccc3OC)CC2)c(C(=O)NCCOC)c1)c1ccccc1. The fourth-order valence-corrected chi connectivity index (χ4v) is 5.00. The number of ether oxygens (including phenoxy) is 2. The Morgan fingerprint density at radius 2 is 1.54 bits per heavy atom. The Bertz CT molecular complexity index is 1240. The fourth-order valence-electron chi connectivity index (χ4n) is 5.00. The van der Waals surface area contributed by atoms with Crippen molar-refractivity contribution in [2.75, 3.05) is 68.7 Å². The lowest BCUT2D eigenvalue weighted by Crippen LogP contribution is -2.47. The van der Waals surface area contributed by atoms with Crippen LogP contribution in [-0.4, -0.2) is 65.4 Å². The van der Waals surface area contributed by atoms with Crippen LogP contribution >= 0.6 is 0 Å². The van der Waals surface area contributed by atoms with Gasteiger partial charge in [0.1, 0.15) is 5.75 Å². The van der Waals surface area contributed by atoms with Crippen molar-refractivity contribution in [3.05, 3.63) is 83.9 Å². The number of carbonyl (C=O) groups excluding carboxylic acids is 2. The van der Waals surface area contributed by atoms with Crippen molar-refractivity contribution in [3.8, 4) is 5.75 Å². The number of anilines is 3. The minimum atomic E-state index is -0.270. The number of hydrogen-bond acceptors (Lipinski definition) is 6. The molecule has 1 heterocycles. The highest BCUT2D eigenvalue weighted by atomic mass is 16.5. The van der Waals surface area contributed by atoms with Crippen molar-refractivity contribution < 1.29 is 19.1 Å². The predicted molar refractivity (Wildman–Crippen MR) is 156 cm³/mol. The van der Waals surface area contributed by atoms with Crippen molar-refractivity contribution in [2.45, 2.75) is 19.3 Å². The summed E-state index contributed by atoms with van der Waals surface area (Å²) >= 11 is 0. The second kappa shape index (κ2) is 13.7. The molecule has 1 fully saturated rings. The van der Waals surface area contributed by atoms with Crippen LogP contribution in [0.5, 0.6) is 5.75 Å². The smallest absolute Gasteiger partial charge is 0.253 e. The van der Waals surface area contributed by atoms with Crippen LogP contribution in [0, 0.1) is 0 Å². The molecule has 1 saturated heterocycles. The molecule has 0 spiro atoms. The van der Waals surface area contributed by atoms with Crippen LogP contribution in [0.1, 0.15) is 35.2 Å². The van der Waals surface area contributed by atoms with Crippen molar-refractivity contribution in [3.63, 3.8) is 0 Å². The van der Waals surface area contributed by atoms with Gasteiger partial charge in [-0.15, -0.1) is 0 Å². The molecule has 3 aromatic rings. The number of amides is 2. The molecule has 1 aliphatic rings. The zero-order valence-corrected chi connectivity index (χ0v) is 23.0. The van der Waals surface area contributed by atoms with Crippen molar-refractivity contribution in [2.24, 2.45) is 0 Å². The van der Waals surface area contributed by atoms with Crippen LogP contribution in [0.25, 0.3) is 0 Å². The van der Waals surface area contributed by atoms with Crippen LogP contribution in [0.4, 0.5) is 17.1 Å². The molecule has 1 atom stereocenters. The zero-order chi connectivity index (χ0) is 27.6. The van der Waals surface area contributed by atoms with E-state index in [1.54, 1.807) is 20.3 Å². The van der Waals surface area contributed by atoms with Crippen molar-refractivity contribution in [1.82, 2.24) is 5.32 Å². The highest BCUT2D eigenvalue weighted by molar-refractivity contribution is 6.03. The third-order valence-electron chi connectivity index (χ3n) is 7.07. The van der Waals surface area contributed by atoms with E-state index in [9.17, 15) is 9.59 Å². The normalized spacial score (nSPS) is 14.0. The molecule has 4 rings (SSSR count). The molecule has 1 unspecified atom stereocenters. The minimum absolute atomic E-state index is 0.0902. The van der Waals surface area contributed by atoms with Gasteiger partial charge in [0.05, 0.1) is 30.9 Å². The van der Waals surface area contributed by atoms with E-state index in [0.29, 0.717) is 30.8 Å². The van der Waals surface area contributed by atoms with Crippen molar-refractivity contribution >= 4 is 28.9 Å². The van der Waals surface area contributed by atoms with Gasteiger partial charge >= 0.3 is 0 Å². The minimum Gasteiger partial charge on any atom is -0.495 e. The number of carbonyl (C=O) groups is 2. The van der Waals surface area contributed by atoms with Gasteiger partial charge in [-0.25, -0.2) is 0 Å². The highest BCUT2D eigenvalue weighted by Gasteiger charge is 2.25. The van der Waals surface area contributed by atoms with Gasteiger partial charge in [-0.05, 0) is 42.3 Å². The first-order valence-electron chi connectivity index (χ1n) is 13.5. The third-order valence-corrected chi connectivity index (χ3v) is 7.07. The molecule has 0 saturated carbocycles. The maximum Gasteiger partial charge on any atom is 0.253 e. The van der Waals surface area contributed by atoms with Crippen LogP contribution in [0.15, 0.2) is 72.8 Å². The van der Waals surface area contributed by atoms with Gasteiger partial charge in [0, 0.05) is 51.2 Å². The summed E-state index contributed by atoms with van der Waals surface area (Å²) in [7, 11) is 3.29. The molecule has 2 amide bonds. The third kappa shape index (κ3) is 6.89. The van der Waals surface area contributed by atoms with Crippen LogP contribution < -0.4 is 25.2 Å². The zero-order valence-electron chi connectivity index (χ0n) is 23.0. The first kappa shape index (κ1) is 28.0. The summed E-state index contributed by atoms with van der Waals surface area (Å²) in [5.74, 6) is 0.297. The van der Waals surface area contributed by atoms with Gasteiger partial charge in [0.15, 0.2) is 0 Å². The van der Waals surface area contributed by atoms with E-state index in [1.807, 2.05) is 67.6 Å². The summed E-state index contributed by atoms with van der Waals surface area (Å²) in [5.41, 5.74) is 4.02. The number of methoxy groups -OCH3 is 2. The van der Waals surface area contributed by atoms with Crippen LogP contribution in [0.3, 0.4) is 0 Å². The van der Waals surface area contributed by atoms with Gasteiger partial charge < -0.3 is 29.9 Å². The van der Waals surface area contributed by atoms with Crippen LogP contribution in [0.2, 0.25) is 0 Å². The van der Waals surface area contributed by atoms with Gasteiger partial charge in [-0.3, -0.25) is 9.59 Å². The number of para-hydroxylation sites is 2.